The van der Waals surface area contributed by atoms with E-state index in [4.69, 9.17) is 9.47 Å². The highest BCUT2D eigenvalue weighted by Crippen LogP contribution is 2.54. The molecule has 3 saturated heterocycles. The van der Waals surface area contributed by atoms with E-state index >= 15 is 8.78 Å². The third-order valence-electron chi connectivity index (χ3n) is 13.0. The minimum absolute atomic E-state index is 0.0532. The first kappa shape index (κ1) is 41.0. The van der Waals surface area contributed by atoms with Gasteiger partial charge in [-0.15, -0.1) is 5.10 Å². The summed E-state index contributed by atoms with van der Waals surface area (Å²) in [5.41, 5.74) is 0.696. The van der Waals surface area contributed by atoms with Gasteiger partial charge in [-0.1, -0.05) is 37.3 Å². The van der Waals surface area contributed by atoms with Crippen LogP contribution in [0.5, 0.6) is 0 Å². The fourth-order valence-corrected chi connectivity index (χ4v) is 12.0. The Morgan fingerprint density at radius 1 is 1.09 bits per heavy atom. The Kier molecular flexibility index (Phi) is 12.2. The summed E-state index contributed by atoms with van der Waals surface area (Å²) in [6.07, 6.45) is 9.58. The van der Waals surface area contributed by atoms with Gasteiger partial charge in [-0.25, -0.2) is 17.2 Å². The van der Waals surface area contributed by atoms with E-state index in [2.05, 4.69) is 28.7 Å². The van der Waals surface area contributed by atoms with Crippen molar-refractivity contribution >= 4 is 27.4 Å². The number of hydrogen-bond donors (Lipinski definition) is 0. The van der Waals surface area contributed by atoms with Crippen molar-refractivity contribution in [2.75, 3.05) is 71.0 Å². The SMILES string of the molecule is C=CC(=O)N1CCOC[C@@H](S(=O)(=O)c2ccc(N3CC(C)(CN4CCC([C@@](Cn5ccnn5)(c5cccc(F)c5)[C@H]5CCC[C@@H]5CC(=O)OC)CC4)C3)c(F)c2)C1. The van der Waals surface area contributed by atoms with Crippen LogP contribution >= 0.6 is 0 Å². The molecule has 1 aliphatic carbocycles. The molecule has 0 bridgehead atoms. The maximum absolute atomic E-state index is 15.7. The van der Waals surface area contributed by atoms with Crippen molar-refractivity contribution in [1.82, 2.24) is 24.8 Å². The molecule has 1 aromatic heterocycles. The van der Waals surface area contributed by atoms with Gasteiger partial charge in [0.05, 0.1) is 43.6 Å². The Hall–Kier alpha value is -4.21. The third kappa shape index (κ3) is 8.52. The molecule has 12 nitrogen and oxygen atoms in total. The van der Waals surface area contributed by atoms with E-state index in [0.717, 1.165) is 69.4 Å². The average molecular weight is 809 g/mol. The van der Waals surface area contributed by atoms with Crippen molar-refractivity contribution in [2.24, 2.45) is 23.2 Å². The number of benzene rings is 2. The molecule has 308 valence electrons. The lowest BCUT2D eigenvalue weighted by Gasteiger charge is -2.54. The number of sulfone groups is 1. The number of likely N-dealkylation sites (tertiary alicyclic amines) is 1. The number of rotatable bonds is 13. The maximum Gasteiger partial charge on any atom is 0.305 e. The highest BCUT2D eigenvalue weighted by atomic mass is 32.2. The molecule has 0 N–H and O–H groups in total. The third-order valence-corrected chi connectivity index (χ3v) is 15.1. The van der Waals surface area contributed by atoms with E-state index in [9.17, 15) is 18.0 Å². The highest BCUT2D eigenvalue weighted by Gasteiger charge is 2.53. The van der Waals surface area contributed by atoms with Crippen molar-refractivity contribution in [3.05, 3.63) is 84.7 Å². The van der Waals surface area contributed by atoms with Gasteiger partial charge in [0.1, 0.15) is 16.9 Å². The zero-order valence-electron chi connectivity index (χ0n) is 32.9. The summed E-state index contributed by atoms with van der Waals surface area (Å²) in [6, 6.07) is 11.0. The van der Waals surface area contributed by atoms with Crippen molar-refractivity contribution in [2.45, 2.75) is 67.6 Å². The molecule has 0 spiro atoms. The van der Waals surface area contributed by atoms with Crippen molar-refractivity contribution in [1.29, 1.82) is 0 Å². The molecule has 1 saturated carbocycles. The number of anilines is 1. The number of hydrogen-bond acceptors (Lipinski definition) is 10. The van der Waals surface area contributed by atoms with E-state index in [0.29, 0.717) is 31.7 Å². The summed E-state index contributed by atoms with van der Waals surface area (Å²) in [6.45, 7) is 10.3. The summed E-state index contributed by atoms with van der Waals surface area (Å²) < 4.78 is 70.4. The van der Waals surface area contributed by atoms with Crippen LogP contribution in [0, 0.1) is 34.8 Å². The molecule has 7 rings (SSSR count). The molecule has 57 heavy (non-hydrogen) atoms. The number of ether oxygens (including phenoxy) is 2. The predicted octanol–water partition coefficient (Wildman–Crippen LogP) is 4.90. The summed E-state index contributed by atoms with van der Waals surface area (Å²) in [5, 5.41) is 7.46. The molecule has 15 heteroatoms. The van der Waals surface area contributed by atoms with Crippen LogP contribution in [0.15, 0.2) is 72.4 Å². The predicted molar refractivity (Wildman–Crippen MR) is 210 cm³/mol. The molecule has 4 atom stereocenters. The second-order valence-electron chi connectivity index (χ2n) is 16.8. The second-order valence-corrected chi connectivity index (χ2v) is 19.0. The lowest BCUT2D eigenvalue weighted by molar-refractivity contribution is -0.142. The zero-order chi connectivity index (χ0) is 40.4. The van der Waals surface area contributed by atoms with E-state index < -0.39 is 26.3 Å². The van der Waals surface area contributed by atoms with Gasteiger partial charge in [0.15, 0.2) is 9.84 Å². The summed E-state index contributed by atoms with van der Waals surface area (Å²) in [4.78, 5) is 30.6. The normalized spacial score (nSPS) is 24.3. The van der Waals surface area contributed by atoms with Crippen molar-refractivity contribution in [3.8, 4) is 0 Å². The molecule has 4 fully saturated rings. The molecule has 4 heterocycles. The van der Waals surface area contributed by atoms with Crippen molar-refractivity contribution < 1.29 is 36.3 Å². The molecule has 2 aromatic carbocycles. The first-order valence-corrected chi connectivity index (χ1v) is 21.6. The van der Waals surface area contributed by atoms with Gasteiger partial charge in [0.25, 0.3) is 0 Å². The van der Waals surface area contributed by atoms with Gasteiger partial charge in [-0.3, -0.25) is 14.3 Å². The Morgan fingerprint density at radius 3 is 2.56 bits per heavy atom. The Bertz CT molecular complexity index is 2020. The average Bonchev–Trinajstić information content (AvgIpc) is 3.82. The number of piperidine rings is 1. The largest absolute Gasteiger partial charge is 0.469 e. The van der Waals surface area contributed by atoms with E-state index in [1.807, 2.05) is 21.8 Å². The molecular formula is C42H54F2N6O6S. The number of carbonyl (C=O) groups is 2. The van der Waals surface area contributed by atoms with Crippen LogP contribution in [0.4, 0.5) is 14.5 Å². The van der Waals surface area contributed by atoms with Crippen molar-refractivity contribution in [3.63, 3.8) is 0 Å². The number of methoxy groups -OCH3 is 1. The van der Waals surface area contributed by atoms with Gasteiger partial charge < -0.3 is 24.2 Å². The second kappa shape index (κ2) is 16.9. The van der Waals surface area contributed by atoms with Gasteiger partial charge >= 0.3 is 5.97 Å². The van der Waals surface area contributed by atoms with Gasteiger partial charge in [0.2, 0.25) is 5.91 Å². The minimum atomic E-state index is -3.99. The fourth-order valence-electron chi connectivity index (χ4n) is 10.4. The topological polar surface area (TPSA) is 127 Å². The monoisotopic (exact) mass is 808 g/mol. The van der Waals surface area contributed by atoms with Gasteiger partial charge in [-0.2, -0.15) is 0 Å². The van der Waals surface area contributed by atoms with Crippen LogP contribution < -0.4 is 4.90 Å². The van der Waals surface area contributed by atoms with Crippen LogP contribution in [0.3, 0.4) is 0 Å². The summed E-state index contributed by atoms with van der Waals surface area (Å²) in [7, 11) is -2.56. The van der Waals surface area contributed by atoms with E-state index in [1.165, 1.54) is 30.2 Å². The van der Waals surface area contributed by atoms with Crippen LogP contribution in [0.1, 0.15) is 51.0 Å². The lowest BCUT2D eigenvalue weighted by atomic mass is 9.57. The van der Waals surface area contributed by atoms with Gasteiger partial charge in [-0.05, 0) is 98.5 Å². The molecule has 1 amide bonds. The summed E-state index contributed by atoms with van der Waals surface area (Å²) >= 11 is 0. The molecule has 3 aromatic rings. The lowest BCUT2D eigenvalue weighted by Crippen LogP contribution is -2.61. The standard InChI is InChI=1S/C42H54F2N6O6S/c1-4-39(51)48-19-20-56-25-35(24-48)57(53,54)34-11-12-38(37(44)23-34)49-27-41(2,28-49)26-47-16-13-31(14-17-47)42(29-50-18-15-45-46-50,32-8-6-9-33(43)22-32)36-10-5-7-30(36)21-40(52)55-3/h4,6,8-9,11-12,15,18,22-23,30-31,35-36H,1,5,7,10,13-14,16-17,19-21,24-29H2,2-3H3/t30-,35+,36+,42+/m1/s1. The van der Waals surface area contributed by atoms with E-state index in [1.54, 1.807) is 18.3 Å². The molecule has 4 aliphatic rings. The molecular weight excluding hydrogens is 755 g/mol. The van der Waals surface area contributed by atoms with E-state index in [-0.39, 0.29) is 72.1 Å². The first-order chi connectivity index (χ1) is 27.3. The molecule has 0 radical (unpaired) electrons. The van der Waals surface area contributed by atoms with Gasteiger partial charge in [0, 0.05) is 56.2 Å². The number of nitrogens with zero attached hydrogens (tertiary/aromatic N) is 6. The Balaban J connectivity index is 1.03. The molecule has 3 aliphatic heterocycles. The maximum atomic E-state index is 15.7. The van der Waals surface area contributed by atoms with Crippen LogP contribution in [0.25, 0.3) is 0 Å². The quantitative estimate of drug-likeness (QED) is 0.174. The van der Waals surface area contributed by atoms with Crippen LogP contribution in [0.2, 0.25) is 0 Å². The molecule has 0 unspecified atom stereocenters. The van der Waals surface area contributed by atoms with Crippen LogP contribution in [-0.4, -0.2) is 116 Å². The number of aromatic nitrogens is 3. The highest BCUT2D eigenvalue weighted by molar-refractivity contribution is 7.92. The summed E-state index contributed by atoms with van der Waals surface area (Å²) in [5.74, 6) is -1.08. The number of esters is 1. The number of carbonyl (C=O) groups excluding carboxylic acids is 2. The number of halogens is 2. The minimum Gasteiger partial charge on any atom is -0.469 e. The number of amides is 1. The first-order valence-electron chi connectivity index (χ1n) is 20.0. The Labute approximate surface area is 334 Å². The Morgan fingerprint density at radius 2 is 1.88 bits per heavy atom. The van der Waals surface area contributed by atoms with Crippen LogP contribution in [-0.2, 0) is 40.9 Å². The zero-order valence-corrected chi connectivity index (χ0v) is 33.7. The fraction of sp³-hybridized carbons (Fsp3) is 0.571. The smallest absolute Gasteiger partial charge is 0.305 e.